The number of benzene rings is 1. The normalized spacial score (nSPS) is 33.7. The number of methoxy groups -OCH3 is 1. The summed E-state index contributed by atoms with van der Waals surface area (Å²) in [7, 11) is 1.33. The number of piperidine rings is 1. The molecule has 5 heteroatoms. The van der Waals surface area contributed by atoms with Gasteiger partial charge in [0, 0.05) is 5.92 Å². The molecule has 2 bridgehead atoms. The topological polar surface area (TPSA) is 66.8 Å². The number of amides is 1. The van der Waals surface area contributed by atoms with Crippen molar-refractivity contribution in [2.75, 3.05) is 7.11 Å². The molecule has 0 radical (unpaired) electrons. The van der Waals surface area contributed by atoms with Gasteiger partial charge in [0.05, 0.1) is 30.7 Å². The van der Waals surface area contributed by atoms with E-state index in [0.29, 0.717) is 5.56 Å². The van der Waals surface area contributed by atoms with Crippen molar-refractivity contribution in [2.24, 2.45) is 11.3 Å². The second-order valence-electron chi connectivity index (χ2n) is 6.45. The molecule has 3 rings (SSSR count). The monoisotopic (exact) mass is 315 g/mol. The number of rotatable bonds is 2. The molecule has 2 aliphatic rings. The fraction of sp³-hybridized carbons (Fsp3) is 0.444. The van der Waals surface area contributed by atoms with Crippen molar-refractivity contribution in [3.05, 3.63) is 48.0 Å². The molecule has 2 aliphatic heterocycles. The number of ketones is 1. The summed E-state index contributed by atoms with van der Waals surface area (Å²) in [4.78, 5) is 26.8. The number of ether oxygens (including phenoxy) is 1. The summed E-state index contributed by atoms with van der Waals surface area (Å²) in [5.74, 6) is -0.429. The highest BCUT2D eigenvalue weighted by atomic mass is 16.5. The molecule has 1 aromatic carbocycles. The van der Waals surface area contributed by atoms with Crippen LogP contribution in [0.25, 0.3) is 0 Å². The van der Waals surface area contributed by atoms with Crippen molar-refractivity contribution in [1.82, 2.24) is 4.90 Å². The second kappa shape index (κ2) is 5.49. The van der Waals surface area contributed by atoms with Crippen LogP contribution in [0.2, 0.25) is 0 Å². The SMILES string of the molecule is COC(=O)N1C2C=CC1C(C)(C(O)c1ccccc1)C(=O)C2C. The van der Waals surface area contributed by atoms with E-state index >= 15 is 0 Å². The Morgan fingerprint density at radius 2 is 1.96 bits per heavy atom. The highest BCUT2D eigenvalue weighted by molar-refractivity contribution is 5.92. The summed E-state index contributed by atoms with van der Waals surface area (Å²) >= 11 is 0. The summed E-state index contributed by atoms with van der Waals surface area (Å²) in [5.41, 5.74) is -0.447. The van der Waals surface area contributed by atoms with Crippen LogP contribution < -0.4 is 0 Å². The van der Waals surface area contributed by atoms with Gasteiger partial charge in [0.1, 0.15) is 5.78 Å². The summed E-state index contributed by atoms with van der Waals surface area (Å²) in [6, 6.07) is 8.27. The van der Waals surface area contributed by atoms with Gasteiger partial charge in [0.15, 0.2) is 0 Å². The molecule has 122 valence electrons. The van der Waals surface area contributed by atoms with Crippen molar-refractivity contribution in [3.63, 3.8) is 0 Å². The minimum absolute atomic E-state index is 0.0333. The van der Waals surface area contributed by atoms with E-state index in [1.807, 2.05) is 30.4 Å². The van der Waals surface area contributed by atoms with Crippen LogP contribution in [0.3, 0.4) is 0 Å². The van der Waals surface area contributed by atoms with Gasteiger partial charge in [-0.2, -0.15) is 0 Å². The summed E-state index contributed by atoms with van der Waals surface area (Å²) in [5, 5.41) is 11.0. The Bertz CT molecular complexity index is 656. The van der Waals surface area contributed by atoms with Crippen LogP contribution in [-0.4, -0.2) is 41.1 Å². The number of nitrogens with zero attached hydrogens (tertiary/aromatic N) is 1. The Hall–Kier alpha value is -2.14. The van der Waals surface area contributed by atoms with E-state index in [1.54, 1.807) is 30.9 Å². The molecule has 5 atom stereocenters. The van der Waals surface area contributed by atoms with Crippen molar-refractivity contribution in [3.8, 4) is 0 Å². The predicted molar refractivity (Wildman–Crippen MR) is 84.6 cm³/mol. The number of Topliss-reactive ketones (excluding diaryl/α,β-unsaturated/α-hetero) is 1. The van der Waals surface area contributed by atoms with Crippen molar-refractivity contribution in [2.45, 2.75) is 32.0 Å². The Morgan fingerprint density at radius 3 is 2.57 bits per heavy atom. The van der Waals surface area contributed by atoms with Gasteiger partial charge in [-0.15, -0.1) is 0 Å². The van der Waals surface area contributed by atoms with Crippen LogP contribution in [0.15, 0.2) is 42.5 Å². The van der Waals surface area contributed by atoms with Crippen LogP contribution in [0.5, 0.6) is 0 Å². The number of hydrogen-bond donors (Lipinski definition) is 1. The zero-order chi connectivity index (χ0) is 16.8. The van der Waals surface area contributed by atoms with E-state index in [9.17, 15) is 14.7 Å². The van der Waals surface area contributed by atoms with Gasteiger partial charge in [-0.25, -0.2) is 4.79 Å². The third-order valence-electron chi connectivity index (χ3n) is 5.25. The molecule has 0 aromatic heterocycles. The number of hydrogen-bond acceptors (Lipinski definition) is 4. The summed E-state index contributed by atoms with van der Waals surface area (Å²) < 4.78 is 4.89. The minimum Gasteiger partial charge on any atom is -0.453 e. The van der Waals surface area contributed by atoms with Gasteiger partial charge in [0.25, 0.3) is 0 Å². The molecule has 1 saturated heterocycles. The number of carbonyl (C=O) groups is 2. The molecule has 1 N–H and O–H groups in total. The number of aliphatic hydroxyl groups is 1. The lowest BCUT2D eigenvalue weighted by Crippen LogP contribution is -2.63. The lowest BCUT2D eigenvalue weighted by Gasteiger charge is -2.49. The summed E-state index contributed by atoms with van der Waals surface area (Å²) in [6.07, 6.45) is 2.23. The Labute approximate surface area is 135 Å². The fourth-order valence-corrected chi connectivity index (χ4v) is 3.90. The molecule has 2 heterocycles. The molecule has 1 amide bonds. The number of carbonyl (C=O) groups excluding carboxylic acids is 2. The van der Waals surface area contributed by atoms with Gasteiger partial charge in [0.2, 0.25) is 0 Å². The Morgan fingerprint density at radius 1 is 1.30 bits per heavy atom. The molecule has 0 saturated carbocycles. The summed E-state index contributed by atoms with van der Waals surface area (Å²) in [6.45, 7) is 3.53. The fourth-order valence-electron chi connectivity index (χ4n) is 3.90. The zero-order valence-corrected chi connectivity index (χ0v) is 13.5. The quantitative estimate of drug-likeness (QED) is 0.851. The lowest BCUT2D eigenvalue weighted by atomic mass is 9.65. The number of aliphatic hydroxyl groups excluding tert-OH is 1. The highest BCUT2D eigenvalue weighted by Gasteiger charge is 2.60. The van der Waals surface area contributed by atoms with E-state index in [0.717, 1.165) is 0 Å². The molecular formula is C18H21NO4. The lowest BCUT2D eigenvalue weighted by molar-refractivity contribution is -0.151. The van der Waals surface area contributed by atoms with E-state index in [-0.39, 0.29) is 11.8 Å². The maximum atomic E-state index is 13.0. The molecule has 1 fully saturated rings. The van der Waals surface area contributed by atoms with Crippen LogP contribution >= 0.6 is 0 Å². The van der Waals surface area contributed by atoms with Crippen LogP contribution in [0.1, 0.15) is 25.5 Å². The van der Waals surface area contributed by atoms with Crippen LogP contribution in [0, 0.1) is 11.3 Å². The van der Waals surface area contributed by atoms with E-state index in [4.69, 9.17) is 4.74 Å². The molecule has 1 aromatic rings. The largest absolute Gasteiger partial charge is 0.453 e. The van der Waals surface area contributed by atoms with Gasteiger partial charge < -0.3 is 9.84 Å². The first kappa shape index (κ1) is 15.7. The molecule has 0 aliphatic carbocycles. The van der Waals surface area contributed by atoms with Crippen molar-refractivity contribution >= 4 is 11.9 Å². The predicted octanol–water partition coefficient (Wildman–Crippen LogP) is 2.32. The Kier molecular flexibility index (Phi) is 3.76. The maximum Gasteiger partial charge on any atom is 0.410 e. The van der Waals surface area contributed by atoms with Crippen LogP contribution in [-0.2, 0) is 9.53 Å². The second-order valence-corrected chi connectivity index (χ2v) is 6.45. The molecule has 0 spiro atoms. The van der Waals surface area contributed by atoms with Gasteiger partial charge in [-0.05, 0) is 12.5 Å². The minimum atomic E-state index is -1.11. The molecule has 5 unspecified atom stereocenters. The average Bonchev–Trinajstić information content (AvgIpc) is 3.00. The standard InChI is InChI=1S/C18H21NO4/c1-11-13-9-10-14(19(13)17(22)23-3)18(2,15(11)20)16(21)12-7-5-4-6-8-12/h4-11,13-14,16,21H,1-3H3. The molecular weight excluding hydrogens is 294 g/mol. The first-order valence-electron chi connectivity index (χ1n) is 7.74. The first-order chi connectivity index (χ1) is 10.9. The number of fused-ring (bicyclic) bond motifs is 2. The van der Waals surface area contributed by atoms with E-state index in [1.165, 1.54) is 7.11 Å². The van der Waals surface area contributed by atoms with Gasteiger partial charge >= 0.3 is 6.09 Å². The Balaban J connectivity index is 2.07. The molecule has 5 nitrogen and oxygen atoms in total. The smallest absolute Gasteiger partial charge is 0.410 e. The average molecular weight is 315 g/mol. The van der Waals surface area contributed by atoms with Gasteiger partial charge in [-0.3, -0.25) is 9.69 Å². The molecule has 23 heavy (non-hydrogen) atoms. The van der Waals surface area contributed by atoms with Crippen molar-refractivity contribution in [1.29, 1.82) is 0 Å². The zero-order valence-electron chi connectivity index (χ0n) is 13.5. The van der Waals surface area contributed by atoms with Crippen LogP contribution in [0.4, 0.5) is 4.79 Å². The third-order valence-corrected chi connectivity index (χ3v) is 5.25. The van der Waals surface area contributed by atoms with Gasteiger partial charge in [-0.1, -0.05) is 49.4 Å². The van der Waals surface area contributed by atoms with E-state index < -0.39 is 29.6 Å². The third kappa shape index (κ3) is 2.10. The highest BCUT2D eigenvalue weighted by Crippen LogP contribution is 2.50. The first-order valence-corrected chi connectivity index (χ1v) is 7.74. The van der Waals surface area contributed by atoms with Crippen molar-refractivity contribution < 1.29 is 19.4 Å². The van der Waals surface area contributed by atoms with E-state index in [2.05, 4.69) is 0 Å². The maximum absolute atomic E-state index is 13.0.